The number of anilines is 1. The van der Waals surface area contributed by atoms with Gasteiger partial charge in [0.05, 0.1) is 6.04 Å². The van der Waals surface area contributed by atoms with Gasteiger partial charge in [-0.2, -0.15) is 0 Å². The van der Waals surface area contributed by atoms with Crippen LogP contribution in [0.15, 0.2) is 24.3 Å². The topological polar surface area (TPSA) is 113 Å². The number of nitrogens with one attached hydrogen (secondary N) is 3. The number of urea groups is 1. The molecule has 2 atom stereocenters. The molecule has 0 spiro atoms. The summed E-state index contributed by atoms with van der Waals surface area (Å²) < 4.78 is 0. The first-order chi connectivity index (χ1) is 10.7. The molecule has 124 valence electrons. The summed E-state index contributed by atoms with van der Waals surface area (Å²) >= 11 is 0. The molecule has 0 radical (unpaired) electrons. The first-order valence-electron chi connectivity index (χ1n) is 7.53. The molecule has 1 aromatic rings. The molecule has 7 heteroatoms. The average Bonchev–Trinajstić information content (AvgIpc) is 2.72. The highest BCUT2D eigenvalue weighted by molar-refractivity contribution is 6.07. The number of amides is 4. The van der Waals surface area contributed by atoms with Crippen LogP contribution in [-0.4, -0.2) is 23.9 Å². The van der Waals surface area contributed by atoms with Crippen molar-refractivity contribution >= 4 is 23.5 Å². The third-order valence-corrected chi connectivity index (χ3v) is 3.81. The van der Waals surface area contributed by atoms with Crippen LogP contribution in [0, 0.1) is 5.92 Å². The summed E-state index contributed by atoms with van der Waals surface area (Å²) in [4.78, 5) is 35.4. The van der Waals surface area contributed by atoms with Crippen LogP contribution in [0.2, 0.25) is 0 Å². The maximum Gasteiger partial charge on any atom is 0.322 e. The van der Waals surface area contributed by atoms with Crippen LogP contribution in [0.5, 0.6) is 0 Å². The van der Waals surface area contributed by atoms with E-state index in [1.54, 1.807) is 31.2 Å². The summed E-state index contributed by atoms with van der Waals surface area (Å²) in [6.45, 7) is 5.60. The van der Waals surface area contributed by atoms with Gasteiger partial charge >= 0.3 is 6.03 Å². The lowest BCUT2D eigenvalue weighted by atomic mass is 9.92. The summed E-state index contributed by atoms with van der Waals surface area (Å²) in [7, 11) is 0. The van der Waals surface area contributed by atoms with Crippen LogP contribution in [0.4, 0.5) is 10.5 Å². The van der Waals surface area contributed by atoms with Crippen molar-refractivity contribution in [2.45, 2.75) is 38.8 Å². The van der Waals surface area contributed by atoms with Crippen LogP contribution in [0.3, 0.4) is 0 Å². The maximum absolute atomic E-state index is 12.1. The molecular weight excluding hydrogens is 296 g/mol. The van der Waals surface area contributed by atoms with E-state index in [0.717, 1.165) is 0 Å². The fraction of sp³-hybridized carbons (Fsp3) is 0.438. The van der Waals surface area contributed by atoms with Crippen molar-refractivity contribution in [2.75, 3.05) is 5.32 Å². The molecule has 1 saturated heterocycles. The van der Waals surface area contributed by atoms with Gasteiger partial charge in [-0.3, -0.25) is 14.9 Å². The number of hydrogen-bond donors (Lipinski definition) is 4. The normalized spacial score (nSPS) is 21.8. The minimum absolute atomic E-state index is 0.277. The van der Waals surface area contributed by atoms with E-state index in [2.05, 4.69) is 16.0 Å². The Morgan fingerprint density at radius 1 is 1.35 bits per heavy atom. The zero-order valence-corrected chi connectivity index (χ0v) is 13.5. The lowest BCUT2D eigenvalue weighted by Crippen LogP contribution is -2.40. The van der Waals surface area contributed by atoms with Gasteiger partial charge in [-0.05, 0) is 37.0 Å². The molecule has 0 saturated carbocycles. The van der Waals surface area contributed by atoms with Gasteiger partial charge in [-0.15, -0.1) is 0 Å². The lowest BCUT2D eigenvalue weighted by molar-refractivity contribution is -0.123. The van der Waals surface area contributed by atoms with Crippen LogP contribution in [0.1, 0.15) is 32.8 Å². The van der Waals surface area contributed by atoms with Crippen LogP contribution in [0.25, 0.3) is 0 Å². The van der Waals surface area contributed by atoms with Crippen LogP contribution >= 0.6 is 0 Å². The number of rotatable bonds is 5. The highest BCUT2D eigenvalue weighted by Gasteiger charge is 2.43. The maximum atomic E-state index is 12.1. The quantitative estimate of drug-likeness (QED) is 0.608. The van der Waals surface area contributed by atoms with Gasteiger partial charge in [0.1, 0.15) is 5.54 Å². The predicted molar refractivity (Wildman–Crippen MR) is 86.5 cm³/mol. The zero-order valence-electron chi connectivity index (χ0n) is 13.5. The number of hydrogen-bond acceptors (Lipinski definition) is 4. The molecule has 1 heterocycles. The first-order valence-corrected chi connectivity index (χ1v) is 7.53. The molecule has 0 aromatic heterocycles. The third-order valence-electron chi connectivity index (χ3n) is 3.81. The third kappa shape index (κ3) is 3.68. The smallest absolute Gasteiger partial charge is 0.322 e. The van der Waals surface area contributed by atoms with E-state index < -0.39 is 23.5 Å². The molecule has 0 aliphatic carbocycles. The van der Waals surface area contributed by atoms with Crippen molar-refractivity contribution in [3.8, 4) is 0 Å². The Bertz CT molecular complexity index is 644. The predicted octanol–water partition coefficient (Wildman–Crippen LogP) is 1.05. The Hall–Kier alpha value is -2.41. The molecule has 1 unspecified atom stereocenters. The molecule has 2 rings (SSSR count). The zero-order chi connectivity index (χ0) is 17.2. The molecule has 1 aliphatic rings. The van der Waals surface area contributed by atoms with Crippen molar-refractivity contribution in [3.05, 3.63) is 29.8 Å². The van der Waals surface area contributed by atoms with E-state index in [-0.39, 0.29) is 5.91 Å². The highest BCUT2D eigenvalue weighted by Crippen LogP contribution is 2.26. The average molecular weight is 318 g/mol. The standard InChI is InChI=1S/C16H22N4O3/c1-9(2)7-12(17)13(21)18-11-6-4-5-10(8-11)16(3)14(22)19-15(23)20-16/h4-6,8-9,12H,7,17H2,1-3H3,(H,18,21)(H2,19,20,22,23)/t12-,16?/m0/s1. The molecule has 7 nitrogen and oxygen atoms in total. The van der Waals surface area contributed by atoms with Gasteiger partial charge in [0, 0.05) is 5.69 Å². The highest BCUT2D eigenvalue weighted by atomic mass is 16.2. The SMILES string of the molecule is CC(C)C[C@H](N)C(=O)Nc1cccc(C2(C)NC(=O)NC2=O)c1. The minimum Gasteiger partial charge on any atom is -0.325 e. The Labute approximate surface area is 135 Å². The van der Waals surface area contributed by atoms with Crippen LogP contribution < -0.4 is 21.7 Å². The monoisotopic (exact) mass is 318 g/mol. The molecule has 0 bridgehead atoms. The number of carbonyl (C=O) groups excluding carboxylic acids is 3. The summed E-state index contributed by atoms with van der Waals surface area (Å²) in [5.41, 5.74) is 5.81. The van der Waals surface area contributed by atoms with E-state index in [1.165, 1.54) is 0 Å². The summed E-state index contributed by atoms with van der Waals surface area (Å²) in [6.07, 6.45) is 0.585. The number of nitrogens with two attached hydrogens (primary N) is 1. The number of imide groups is 1. The first kappa shape index (κ1) is 17.0. The summed E-state index contributed by atoms with van der Waals surface area (Å²) in [5, 5.41) is 7.54. The van der Waals surface area contributed by atoms with Crippen molar-refractivity contribution in [2.24, 2.45) is 11.7 Å². The second kappa shape index (κ2) is 6.37. The summed E-state index contributed by atoms with van der Waals surface area (Å²) in [5.74, 6) is -0.387. The molecule has 1 fully saturated rings. The summed E-state index contributed by atoms with van der Waals surface area (Å²) in [6, 6.07) is 5.67. The van der Waals surface area contributed by atoms with Crippen molar-refractivity contribution in [1.82, 2.24) is 10.6 Å². The number of benzene rings is 1. The molecule has 1 aliphatic heterocycles. The van der Waals surface area contributed by atoms with Crippen molar-refractivity contribution in [1.29, 1.82) is 0 Å². The second-order valence-corrected chi connectivity index (χ2v) is 6.34. The van der Waals surface area contributed by atoms with E-state index in [9.17, 15) is 14.4 Å². The van der Waals surface area contributed by atoms with E-state index in [4.69, 9.17) is 5.73 Å². The number of carbonyl (C=O) groups is 3. The van der Waals surface area contributed by atoms with E-state index >= 15 is 0 Å². The van der Waals surface area contributed by atoms with Crippen LogP contribution in [-0.2, 0) is 15.1 Å². The van der Waals surface area contributed by atoms with Gasteiger partial charge in [-0.1, -0.05) is 26.0 Å². The van der Waals surface area contributed by atoms with Gasteiger partial charge in [-0.25, -0.2) is 4.79 Å². The Morgan fingerprint density at radius 2 is 2.04 bits per heavy atom. The Kier molecular flexibility index (Phi) is 4.70. The minimum atomic E-state index is -1.15. The Morgan fingerprint density at radius 3 is 2.61 bits per heavy atom. The molecule has 23 heavy (non-hydrogen) atoms. The van der Waals surface area contributed by atoms with E-state index in [1.807, 2.05) is 13.8 Å². The largest absolute Gasteiger partial charge is 0.325 e. The van der Waals surface area contributed by atoms with Gasteiger partial charge in [0.25, 0.3) is 5.91 Å². The molecule has 4 amide bonds. The molecule has 5 N–H and O–H groups in total. The molecular formula is C16H22N4O3. The fourth-order valence-corrected chi connectivity index (χ4v) is 2.50. The van der Waals surface area contributed by atoms with E-state index in [0.29, 0.717) is 23.6 Å². The fourth-order valence-electron chi connectivity index (χ4n) is 2.50. The second-order valence-electron chi connectivity index (χ2n) is 6.34. The lowest BCUT2D eigenvalue weighted by Gasteiger charge is -2.22. The van der Waals surface area contributed by atoms with Crippen molar-refractivity contribution in [3.63, 3.8) is 0 Å². The van der Waals surface area contributed by atoms with Gasteiger partial charge in [0.2, 0.25) is 5.91 Å². The van der Waals surface area contributed by atoms with Gasteiger partial charge in [0.15, 0.2) is 0 Å². The molecule has 1 aromatic carbocycles. The van der Waals surface area contributed by atoms with Crippen molar-refractivity contribution < 1.29 is 14.4 Å². The Balaban J connectivity index is 2.16. The van der Waals surface area contributed by atoms with Gasteiger partial charge < -0.3 is 16.4 Å².